The van der Waals surface area contributed by atoms with Crippen LogP contribution in [0, 0.1) is 19.9 Å². The zero-order chi connectivity index (χ0) is 40.1. The van der Waals surface area contributed by atoms with Gasteiger partial charge in [0.05, 0.1) is 9.52 Å². The number of benzene rings is 6. The van der Waals surface area contributed by atoms with Gasteiger partial charge in [-0.25, -0.2) is 0 Å². The number of hydrogen-bond acceptors (Lipinski definition) is 0. The van der Waals surface area contributed by atoms with Gasteiger partial charge in [0.25, 0.3) is 0 Å². The van der Waals surface area contributed by atoms with E-state index < -0.39 is 0 Å². The molecule has 1 aliphatic heterocycles. The van der Waals surface area contributed by atoms with Crippen molar-refractivity contribution in [3.63, 3.8) is 0 Å². The minimum Gasteiger partial charge on any atom is -1.00 e. The van der Waals surface area contributed by atoms with Crippen LogP contribution in [0.15, 0.2) is 140 Å². The molecule has 0 N–H and O–H groups in total. The molecule has 1 heterocycles. The van der Waals surface area contributed by atoms with E-state index >= 15 is 0 Å². The first-order valence-electron chi connectivity index (χ1n) is 21.2. The first kappa shape index (κ1) is 48.9. The fourth-order valence-corrected chi connectivity index (χ4v) is 9.76. The van der Waals surface area contributed by atoms with Crippen LogP contribution in [-0.4, -0.2) is 9.52 Å². The van der Waals surface area contributed by atoms with E-state index in [2.05, 4.69) is 195 Å². The van der Waals surface area contributed by atoms with Gasteiger partial charge in [0, 0.05) is 0 Å². The van der Waals surface area contributed by atoms with Crippen molar-refractivity contribution in [2.45, 2.75) is 92.9 Å². The van der Waals surface area contributed by atoms with Crippen molar-refractivity contribution in [3.8, 4) is 33.4 Å². The van der Waals surface area contributed by atoms with E-state index in [0.717, 1.165) is 22.4 Å². The second kappa shape index (κ2) is 22.4. The third-order valence-electron chi connectivity index (χ3n) is 12.3. The molecule has 8 aromatic rings. The molecule has 4 heteroatoms. The molecule has 0 aromatic heterocycles. The Morgan fingerprint density at radius 2 is 0.967 bits per heavy atom. The summed E-state index contributed by atoms with van der Waals surface area (Å²) >= 11 is 0. The molecule has 0 aliphatic carbocycles. The van der Waals surface area contributed by atoms with Crippen LogP contribution in [0.4, 0.5) is 0 Å². The van der Waals surface area contributed by atoms with Gasteiger partial charge in [0.15, 0.2) is 0 Å². The summed E-state index contributed by atoms with van der Waals surface area (Å²) in [5.41, 5.74) is 17.0. The van der Waals surface area contributed by atoms with E-state index in [-0.39, 0.29) is 51.0 Å². The topological polar surface area (TPSA) is 0 Å². The second-order valence-electron chi connectivity index (χ2n) is 15.9. The van der Waals surface area contributed by atoms with Crippen molar-refractivity contribution in [2.75, 3.05) is 0 Å². The molecule has 60 heavy (non-hydrogen) atoms. The van der Waals surface area contributed by atoms with Crippen molar-refractivity contribution in [3.05, 3.63) is 179 Å². The molecule has 0 nitrogen and oxygen atoms in total. The predicted octanol–water partition coefficient (Wildman–Crippen LogP) is 8.35. The van der Waals surface area contributed by atoms with Crippen LogP contribution < -0.4 is 35.2 Å². The zero-order valence-corrected chi connectivity index (χ0v) is 41.5. The van der Waals surface area contributed by atoms with Gasteiger partial charge in [-0.15, -0.1) is 74.6 Å². The predicted molar refractivity (Wildman–Crippen MR) is 251 cm³/mol. The fourth-order valence-electron chi connectivity index (χ4n) is 8.45. The molecule has 0 bridgehead atoms. The molecule has 8 aromatic carbocycles. The molecule has 2 radical (unpaired) electrons. The van der Waals surface area contributed by atoms with E-state index in [9.17, 15) is 0 Å². The fraction of sp³-hybridized carbons (Fsp3) is 0.250. The molecular formula is C56H57Cl2SiZr-3. The van der Waals surface area contributed by atoms with Crippen LogP contribution in [0.3, 0.4) is 0 Å². The number of halogens is 2. The van der Waals surface area contributed by atoms with Crippen molar-refractivity contribution in [1.29, 1.82) is 0 Å². The Labute approximate surface area is 394 Å². The molecule has 0 fully saturated rings. The van der Waals surface area contributed by atoms with Crippen molar-refractivity contribution in [2.24, 2.45) is 0 Å². The van der Waals surface area contributed by atoms with Gasteiger partial charge in [-0.3, -0.25) is 0 Å². The Balaban J connectivity index is 0.000000199. The minimum absolute atomic E-state index is 0. The maximum atomic E-state index is 3.31. The number of hydrogen-bond donors (Lipinski definition) is 0. The molecule has 306 valence electrons. The van der Waals surface area contributed by atoms with Crippen LogP contribution in [0.1, 0.15) is 99.6 Å². The average Bonchev–Trinajstić information content (AvgIpc) is 3.99. The van der Waals surface area contributed by atoms with Gasteiger partial charge >= 0.3 is 26.2 Å². The standard InChI is InChI=1S/2C22H25.C12H7Si.2ClH.Zr/c2*1-5-15(3)19-13-18-12-11-16(4)22(21(18)14-19)20-10-8-7-9-17(20)6-2;1-3-7-11-9(5-1)10-6-2-4-8-12(10)13-11;;;/h2*7-15H,5-6H2,1-4H3;1-7H;2*1H;/q3*-1;;;+2/p-2. The molecular weight excluding hydrogens is 863 g/mol. The third-order valence-corrected chi connectivity index (χ3v) is 13.6. The van der Waals surface area contributed by atoms with Crippen LogP contribution in [0.5, 0.6) is 0 Å². The Hall–Kier alpha value is -3.78. The Kier molecular flexibility index (Phi) is 18.2. The summed E-state index contributed by atoms with van der Waals surface area (Å²) in [6.07, 6.45) is 4.53. The molecule has 1 aliphatic rings. The van der Waals surface area contributed by atoms with Gasteiger partial charge in [0.2, 0.25) is 0 Å². The summed E-state index contributed by atoms with van der Waals surface area (Å²) < 4.78 is 0. The Morgan fingerprint density at radius 3 is 1.43 bits per heavy atom. The Morgan fingerprint density at radius 1 is 0.533 bits per heavy atom. The number of aryl methyl sites for hydroxylation is 4. The summed E-state index contributed by atoms with van der Waals surface area (Å²) in [6.45, 7) is 18.1. The van der Waals surface area contributed by atoms with E-state index in [4.69, 9.17) is 0 Å². The zero-order valence-electron chi connectivity index (χ0n) is 36.5. The number of rotatable bonds is 8. The summed E-state index contributed by atoms with van der Waals surface area (Å²) in [5.74, 6) is 1.25. The van der Waals surface area contributed by atoms with E-state index in [1.807, 2.05) is 6.07 Å². The molecule has 0 amide bonds. The van der Waals surface area contributed by atoms with Crippen molar-refractivity contribution < 1.29 is 51.0 Å². The van der Waals surface area contributed by atoms with Crippen LogP contribution in [0.2, 0.25) is 0 Å². The van der Waals surface area contributed by atoms with Gasteiger partial charge in [0.1, 0.15) is 0 Å². The van der Waals surface area contributed by atoms with E-state index in [0.29, 0.717) is 11.8 Å². The SMILES string of the molecule is CCc1ccccc1-c1c(C)ccc2[cH-]c(C(C)CC)cc12.CCc1ccccc1-c1c(C)ccc2[cH-]c(C(C)CC)cc12.[Cl-].[Cl-].[Zr+2].[c-]1cccc2c1[Si]c1ccccc1-2. The molecule has 0 saturated carbocycles. The molecule has 2 unspecified atom stereocenters. The largest absolute Gasteiger partial charge is 2.00 e. The first-order valence-corrected chi connectivity index (χ1v) is 22.2. The van der Waals surface area contributed by atoms with Gasteiger partial charge in [-0.1, -0.05) is 160 Å². The first-order chi connectivity index (χ1) is 27.8. The van der Waals surface area contributed by atoms with Crippen molar-refractivity contribution >= 4 is 41.4 Å². The quantitative estimate of drug-likeness (QED) is 0.106. The monoisotopic (exact) mass is 917 g/mol. The molecule has 2 atom stereocenters. The van der Waals surface area contributed by atoms with Gasteiger partial charge in [-0.2, -0.15) is 41.6 Å². The van der Waals surface area contributed by atoms with Gasteiger partial charge < -0.3 is 24.8 Å². The van der Waals surface area contributed by atoms with E-state index in [1.54, 1.807) is 0 Å². The van der Waals surface area contributed by atoms with Crippen LogP contribution >= 0.6 is 0 Å². The molecule has 9 rings (SSSR count). The normalized spacial score (nSPS) is 12.0. The van der Waals surface area contributed by atoms with Crippen LogP contribution in [0.25, 0.3) is 54.9 Å². The second-order valence-corrected chi connectivity index (χ2v) is 17.2. The summed E-state index contributed by atoms with van der Waals surface area (Å²) in [4.78, 5) is 0. The Bertz CT molecular complexity index is 2450. The maximum absolute atomic E-state index is 3.31. The molecule has 0 spiro atoms. The summed E-state index contributed by atoms with van der Waals surface area (Å²) in [6, 6.07) is 54.5. The smallest absolute Gasteiger partial charge is 1.00 e. The van der Waals surface area contributed by atoms with Gasteiger partial charge in [-0.05, 0) is 60.8 Å². The average molecular weight is 920 g/mol. The summed E-state index contributed by atoms with van der Waals surface area (Å²) in [5, 5.41) is 8.40. The third kappa shape index (κ3) is 10.3. The maximum Gasteiger partial charge on any atom is 2.00 e. The number of fused-ring (bicyclic) bond motifs is 5. The minimum atomic E-state index is 0. The van der Waals surface area contributed by atoms with Crippen molar-refractivity contribution in [1.82, 2.24) is 0 Å². The van der Waals surface area contributed by atoms with E-state index in [1.165, 1.54) is 112 Å². The molecule has 0 saturated heterocycles. The van der Waals surface area contributed by atoms with Crippen LogP contribution in [-0.2, 0) is 39.0 Å². The summed E-state index contributed by atoms with van der Waals surface area (Å²) in [7, 11) is 0.795.